The SMILES string of the molecule is Cc1cc(N2CCN(C(=O)C3(C)COC3)CC2)cc(C)n1. The molecule has 5 nitrogen and oxygen atoms in total. The van der Waals surface area contributed by atoms with Gasteiger partial charge in [0, 0.05) is 43.3 Å². The smallest absolute Gasteiger partial charge is 0.233 e. The number of aryl methyl sites for hydroxylation is 2. The van der Waals surface area contributed by atoms with Crippen LogP contribution in [-0.2, 0) is 9.53 Å². The minimum absolute atomic E-state index is 0.246. The van der Waals surface area contributed by atoms with Crippen LogP contribution in [0.15, 0.2) is 12.1 Å². The van der Waals surface area contributed by atoms with Crippen molar-refractivity contribution in [3.05, 3.63) is 23.5 Å². The van der Waals surface area contributed by atoms with Crippen LogP contribution in [0, 0.1) is 19.3 Å². The van der Waals surface area contributed by atoms with Gasteiger partial charge in [0.15, 0.2) is 0 Å². The number of piperazine rings is 1. The normalized spacial score (nSPS) is 21.1. The Kier molecular flexibility index (Phi) is 3.61. The number of ether oxygens (including phenoxy) is 1. The summed E-state index contributed by atoms with van der Waals surface area (Å²) < 4.78 is 5.20. The molecule has 0 radical (unpaired) electrons. The van der Waals surface area contributed by atoms with E-state index in [9.17, 15) is 4.79 Å². The fraction of sp³-hybridized carbons (Fsp3) is 0.625. The summed E-state index contributed by atoms with van der Waals surface area (Å²) in [7, 11) is 0. The molecule has 0 atom stereocenters. The molecule has 0 N–H and O–H groups in total. The van der Waals surface area contributed by atoms with E-state index in [2.05, 4.69) is 22.0 Å². The largest absolute Gasteiger partial charge is 0.379 e. The maximum Gasteiger partial charge on any atom is 0.233 e. The summed E-state index contributed by atoms with van der Waals surface area (Å²) in [6.45, 7) is 10.5. The van der Waals surface area contributed by atoms with Gasteiger partial charge < -0.3 is 14.5 Å². The highest BCUT2D eigenvalue weighted by Crippen LogP contribution is 2.30. The van der Waals surface area contributed by atoms with Gasteiger partial charge in [-0.25, -0.2) is 0 Å². The summed E-state index contributed by atoms with van der Waals surface area (Å²) >= 11 is 0. The molecular formula is C16H23N3O2. The zero-order chi connectivity index (χ0) is 15.0. The van der Waals surface area contributed by atoms with Crippen molar-refractivity contribution in [1.29, 1.82) is 0 Å². The average molecular weight is 289 g/mol. The molecule has 2 fully saturated rings. The second kappa shape index (κ2) is 5.30. The van der Waals surface area contributed by atoms with Crippen molar-refractivity contribution in [2.45, 2.75) is 20.8 Å². The van der Waals surface area contributed by atoms with Crippen LogP contribution < -0.4 is 4.90 Å². The molecule has 0 aliphatic carbocycles. The third kappa shape index (κ3) is 2.75. The number of pyridine rings is 1. The molecule has 0 aromatic carbocycles. The monoisotopic (exact) mass is 289 g/mol. The van der Waals surface area contributed by atoms with E-state index in [0.717, 1.165) is 37.6 Å². The number of anilines is 1. The number of rotatable bonds is 2. The molecule has 5 heteroatoms. The van der Waals surface area contributed by atoms with Crippen molar-refractivity contribution in [1.82, 2.24) is 9.88 Å². The van der Waals surface area contributed by atoms with Gasteiger partial charge in [-0.15, -0.1) is 0 Å². The molecule has 0 saturated carbocycles. The molecular weight excluding hydrogens is 266 g/mol. The lowest BCUT2D eigenvalue weighted by molar-refractivity contribution is -0.169. The third-order valence-electron chi connectivity index (χ3n) is 4.36. The Hall–Kier alpha value is -1.62. The van der Waals surface area contributed by atoms with Gasteiger partial charge in [0.1, 0.15) is 0 Å². The van der Waals surface area contributed by atoms with Crippen molar-refractivity contribution in [2.24, 2.45) is 5.41 Å². The number of carbonyl (C=O) groups excluding carboxylic acids is 1. The van der Waals surface area contributed by atoms with E-state index >= 15 is 0 Å². The Morgan fingerprint density at radius 3 is 2.19 bits per heavy atom. The first-order valence-corrected chi connectivity index (χ1v) is 7.55. The number of hydrogen-bond donors (Lipinski definition) is 0. The van der Waals surface area contributed by atoms with Gasteiger partial charge in [-0.05, 0) is 32.9 Å². The second-order valence-electron chi connectivity index (χ2n) is 6.44. The van der Waals surface area contributed by atoms with Crippen LogP contribution in [0.1, 0.15) is 18.3 Å². The molecule has 1 amide bonds. The van der Waals surface area contributed by atoms with Crippen molar-refractivity contribution < 1.29 is 9.53 Å². The van der Waals surface area contributed by atoms with Gasteiger partial charge in [0.05, 0.1) is 18.6 Å². The molecule has 3 rings (SSSR count). The molecule has 1 aromatic rings. The van der Waals surface area contributed by atoms with Crippen LogP contribution in [0.25, 0.3) is 0 Å². The van der Waals surface area contributed by atoms with E-state index < -0.39 is 0 Å². The Bertz CT molecular complexity index is 526. The molecule has 0 bridgehead atoms. The highest BCUT2D eigenvalue weighted by molar-refractivity contribution is 5.83. The molecule has 21 heavy (non-hydrogen) atoms. The Morgan fingerprint density at radius 1 is 1.14 bits per heavy atom. The lowest BCUT2D eigenvalue weighted by Crippen LogP contribution is -2.58. The number of amides is 1. The zero-order valence-electron chi connectivity index (χ0n) is 13.1. The zero-order valence-corrected chi connectivity index (χ0v) is 13.1. The first-order chi connectivity index (χ1) is 9.98. The molecule has 2 aliphatic heterocycles. The molecule has 2 saturated heterocycles. The lowest BCUT2D eigenvalue weighted by atomic mass is 9.86. The highest BCUT2D eigenvalue weighted by Gasteiger charge is 2.44. The third-order valence-corrected chi connectivity index (χ3v) is 4.36. The quantitative estimate of drug-likeness (QED) is 0.825. The Balaban J connectivity index is 1.63. The van der Waals surface area contributed by atoms with E-state index in [0.29, 0.717) is 13.2 Å². The first kappa shape index (κ1) is 14.3. The fourth-order valence-electron chi connectivity index (χ4n) is 3.08. The number of hydrogen-bond acceptors (Lipinski definition) is 4. The predicted molar refractivity (Wildman–Crippen MR) is 81.4 cm³/mol. The summed E-state index contributed by atoms with van der Waals surface area (Å²) in [6, 6.07) is 4.23. The maximum atomic E-state index is 12.5. The van der Waals surface area contributed by atoms with Crippen molar-refractivity contribution in [3.8, 4) is 0 Å². The standard InChI is InChI=1S/C16H23N3O2/c1-12-8-14(9-13(2)17-12)18-4-6-19(7-5-18)15(20)16(3)10-21-11-16/h8-9H,4-7,10-11H2,1-3H3. The summed E-state index contributed by atoms with van der Waals surface area (Å²) in [6.07, 6.45) is 0. The Morgan fingerprint density at radius 2 is 1.71 bits per heavy atom. The molecule has 114 valence electrons. The van der Waals surface area contributed by atoms with Crippen LogP contribution >= 0.6 is 0 Å². The van der Waals surface area contributed by atoms with Gasteiger partial charge in [-0.3, -0.25) is 9.78 Å². The van der Waals surface area contributed by atoms with Gasteiger partial charge in [0.25, 0.3) is 0 Å². The second-order valence-corrected chi connectivity index (χ2v) is 6.44. The average Bonchev–Trinajstić information content (AvgIpc) is 2.43. The minimum Gasteiger partial charge on any atom is -0.379 e. The number of carbonyl (C=O) groups is 1. The molecule has 3 heterocycles. The highest BCUT2D eigenvalue weighted by atomic mass is 16.5. The lowest BCUT2D eigenvalue weighted by Gasteiger charge is -2.43. The van der Waals surface area contributed by atoms with Gasteiger partial charge in [0.2, 0.25) is 5.91 Å². The topological polar surface area (TPSA) is 45.7 Å². The van der Waals surface area contributed by atoms with E-state index in [1.807, 2.05) is 25.7 Å². The van der Waals surface area contributed by atoms with Crippen LogP contribution in [0.4, 0.5) is 5.69 Å². The first-order valence-electron chi connectivity index (χ1n) is 7.55. The van der Waals surface area contributed by atoms with Crippen molar-refractivity contribution in [3.63, 3.8) is 0 Å². The van der Waals surface area contributed by atoms with Crippen LogP contribution in [-0.4, -0.2) is 55.2 Å². The van der Waals surface area contributed by atoms with Crippen LogP contribution in [0.2, 0.25) is 0 Å². The minimum atomic E-state index is -0.286. The maximum absolute atomic E-state index is 12.5. The predicted octanol–water partition coefficient (Wildman–Crippen LogP) is 1.38. The fourth-order valence-corrected chi connectivity index (χ4v) is 3.08. The van der Waals surface area contributed by atoms with Gasteiger partial charge >= 0.3 is 0 Å². The number of aromatic nitrogens is 1. The number of nitrogens with zero attached hydrogens (tertiary/aromatic N) is 3. The van der Waals surface area contributed by atoms with E-state index in [4.69, 9.17) is 4.74 Å². The summed E-state index contributed by atoms with van der Waals surface area (Å²) in [5.41, 5.74) is 3.02. The van der Waals surface area contributed by atoms with Crippen LogP contribution in [0.5, 0.6) is 0 Å². The van der Waals surface area contributed by atoms with E-state index in [1.54, 1.807) is 0 Å². The van der Waals surface area contributed by atoms with E-state index in [1.165, 1.54) is 5.69 Å². The molecule has 0 unspecified atom stereocenters. The summed E-state index contributed by atoms with van der Waals surface area (Å²) in [5.74, 6) is 0.246. The molecule has 0 spiro atoms. The Labute approximate surface area is 125 Å². The van der Waals surface area contributed by atoms with Gasteiger partial charge in [-0.2, -0.15) is 0 Å². The molecule has 2 aliphatic rings. The van der Waals surface area contributed by atoms with Crippen molar-refractivity contribution in [2.75, 3.05) is 44.3 Å². The van der Waals surface area contributed by atoms with Crippen molar-refractivity contribution >= 4 is 11.6 Å². The van der Waals surface area contributed by atoms with Crippen LogP contribution in [0.3, 0.4) is 0 Å². The van der Waals surface area contributed by atoms with Gasteiger partial charge in [-0.1, -0.05) is 0 Å². The van der Waals surface area contributed by atoms with E-state index in [-0.39, 0.29) is 11.3 Å². The molecule has 1 aromatic heterocycles. The summed E-state index contributed by atoms with van der Waals surface area (Å²) in [4.78, 5) is 21.2. The summed E-state index contributed by atoms with van der Waals surface area (Å²) in [5, 5.41) is 0.